The van der Waals surface area contributed by atoms with Gasteiger partial charge in [0.1, 0.15) is 11.7 Å². The highest BCUT2D eigenvalue weighted by Crippen LogP contribution is 2.06. The SMILES string of the molecule is CC(C(=O)O)n1ccc(C(=O)N(C)C)n1. The number of hydrogen-bond donors (Lipinski definition) is 1. The van der Waals surface area contributed by atoms with Crippen LogP contribution in [0, 0.1) is 0 Å². The van der Waals surface area contributed by atoms with E-state index in [4.69, 9.17) is 5.11 Å². The van der Waals surface area contributed by atoms with E-state index in [0.717, 1.165) is 0 Å². The number of hydrogen-bond acceptors (Lipinski definition) is 3. The van der Waals surface area contributed by atoms with Crippen LogP contribution in [0.25, 0.3) is 0 Å². The maximum atomic E-state index is 11.5. The molecule has 0 bridgehead atoms. The van der Waals surface area contributed by atoms with Gasteiger partial charge in [-0.3, -0.25) is 9.48 Å². The number of aliphatic carboxylic acids is 1. The Kier molecular flexibility index (Phi) is 3.08. The van der Waals surface area contributed by atoms with Gasteiger partial charge in [0.2, 0.25) is 0 Å². The molecule has 0 radical (unpaired) electrons. The summed E-state index contributed by atoms with van der Waals surface area (Å²) in [7, 11) is 3.23. The Bertz CT molecular complexity index is 384. The molecule has 0 saturated carbocycles. The highest BCUT2D eigenvalue weighted by atomic mass is 16.4. The Morgan fingerprint density at radius 2 is 2.13 bits per heavy atom. The lowest BCUT2D eigenvalue weighted by atomic mass is 10.3. The summed E-state index contributed by atoms with van der Waals surface area (Å²) in [6.45, 7) is 1.50. The van der Waals surface area contributed by atoms with Crippen molar-refractivity contribution in [3.8, 4) is 0 Å². The van der Waals surface area contributed by atoms with Crippen molar-refractivity contribution in [1.82, 2.24) is 14.7 Å². The van der Waals surface area contributed by atoms with Crippen molar-refractivity contribution in [3.05, 3.63) is 18.0 Å². The summed E-state index contributed by atoms with van der Waals surface area (Å²) in [6, 6.07) is 0.732. The Labute approximate surface area is 87.1 Å². The molecule has 1 N–H and O–H groups in total. The zero-order valence-electron chi connectivity index (χ0n) is 8.84. The number of carboxylic acids is 1. The third-order valence-corrected chi connectivity index (χ3v) is 1.99. The van der Waals surface area contributed by atoms with Gasteiger partial charge in [0.15, 0.2) is 0 Å². The molecule has 1 aromatic rings. The highest BCUT2D eigenvalue weighted by Gasteiger charge is 2.17. The summed E-state index contributed by atoms with van der Waals surface area (Å²) < 4.78 is 1.25. The maximum absolute atomic E-state index is 11.5. The van der Waals surface area contributed by atoms with Crippen LogP contribution >= 0.6 is 0 Å². The quantitative estimate of drug-likeness (QED) is 0.776. The van der Waals surface area contributed by atoms with Crippen molar-refractivity contribution >= 4 is 11.9 Å². The van der Waals surface area contributed by atoms with Gasteiger partial charge in [-0.05, 0) is 13.0 Å². The first kappa shape index (κ1) is 11.2. The van der Waals surface area contributed by atoms with E-state index in [1.54, 1.807) is 14.1 Å². The molecule has 0 spiro atoms. The fraction of sp³-hybridized carbons (Fsp3) is 0.444. The number of carboxylic acid groups (broad SMARTS) is 1. The van der Waals surface area contributed by atoms with Gasteiger partial charge in [0, 0.05) is 20.3 Å². The number of rotatable bonds is 3. The first-order valence-electron chi connectivity index (χ1n) is 4.43. The fourth-order valence-corrected chi connectivity index (χ4v) is 1.01. The topological polar surface area (TPSA) is 75.4 Å². The molecule has 0 aliphatic heterocycles. The van der Waals surface area contributed by atoms with Gasteiger partial charge in [0.05, 0.1) is 0 Å². The second kappa shape index (κ2) is 4.12. The molecule has 1 amide bonds. The summed E-state index contributed by atoms with van der Waals surface area (Å²) in [4.78, 5) is 23.5. The van der Waals surface area contributed by atoms with Crippen molar-refractivity contribution in [2.24, 2.45) is 0 Å². The summed E-state index contributed by atoms with van der Waals surface area (Å²) in [6.07, 6.45) is 1.48. The van der Waals surface area contributed by atoms with Crippen molar-refractivity contribution in [2.45, 2.75) is 13.0 Å². The normalized spacial score (nSPS) is 12.2. The van der Waals surface area contributed by atoms with Crippen molar-refractivity contribution < 1.29 is 14.7 Å². The van der Waals surface area contributed by atoms with Crippen LogP contribution in [0.4, 0.5) is 0 Å². The van der Waals surface area contributed by atoms with Gasteiger partial charge < -0.3 is 10.0 Å². The van der Waals surface area contributed by atoms with Crippen LogP contribution in [-0.2, 0) is 4.79 Å². The number of carbonyl (C=O) groups excluding carboxylic acids is 1. The predicted molar refractivity (Wildman–Crippen MR) is 52.6 cm³/mol. The lowest BCUT2D eigenvalue weighted by Gasteiger charge is -2.08. The third kappa shape index (κ3) is 2.34. The van der Waals surface area contributed by atoms with Crippen molar-refractivity contribution in [1.29, 1.82) is 0 Å². The standard InChI is InChI=1S/C9H13N3O3/c1-6(9(14)15)12-5-4-7(10-12)8(13)11(2)3/h4-6H,1-3H3,(H,14,15). The molecule has 1 aromatic heterocycles. The fourth-order valence-electron chi connectivity index (χ4n) is 1.01. The molecule has 6 nitrogen and oxygen atoms in total. The Hall–Kier alpha value is -1.85. The van der Waals surface area contributed by atoms with Crippen molar-refractivity contribution in [3.63, 3.8) is 0 Å². The average Bonchev–Trinajstić information content (AvgIpc) is 2.63. The number of carbonyl (C=O) groups is 2. The smallest absolute Gasteiger partial charge is 0.328 e. The van der Waals surface area contributed by atoms with Crippen LogP contribution in [0.15, 0.2) is 12.3 Å². The first-order valence-corrected chi connectivity index (χ1v) is 4.43. The molecule has 0 aliphatic carbocycles. The van der Waals surface area contributed by atoms with Gasteiger partial charge in [-0.1, -0.05) is 0 Å². The maximum Gasteiger partial charge on any atom is 0.328 e. The zero-order chi connectivity index (χ0) is 11.6. The van der Waals surface area contributed by atoms with Gasteiger partial charge in [-0.25, -0.2) is 4.79 Å². The number of aromatic nitrogens is 2. The minimum Gasteiger partial charge on any atom is -0.480 e. The molecule has 1 rings (SSSR count). The van der Waals surface area contributed by atoms with Crippen LogP contribution < -0.4 is 0 Å². The monoisotopic (exact) mass is 211 g/mol. The minimum atomic E-state index is -0.984. The van der Waals surface area contributed by atoms with E-state index in [0.29, 0.717) is 0 Å². The largest absolute Gasteiger partial charge is 0.480 e. The molecule has 15 heavy (non-hydrogen) atoms. The summed E-state index contributed by atoms with van der Waals surface area (Å²) >= 11 is 0. The van der Waals surface area contributed by atoms with Gasteiger partial charge in [-0.15, -0.1) is 0 Å². The molecule has 0 aromatic carbocycles. The van der Waals surface area contributed by atoms with Crippen LogP contribution in [0.1, 0.15) is 23.5 Å². The second-order valence-corrected chi connectivity index (χ2v) is 3.39. The van der Waals surface area contributed by atoms with Gasteiger partial charge in [0.25, 0.3) is 5.91 Å². The molecule has 6 heteroatoms. The van der Waals surface area contributed by atoms with E-state index in [-0.39, 0.29) is 11.6 Å². The molecule has 1 heterocycles. The van der Waals surface area contributed by atoms with Gasteiger partial charge in [-0.2, -0.15) is 5.10 Å². The van der Waals surface area contributed by atoms with E-state index >= 15 is 0 Å². The lowest BCUT2D eigenvalue weighted by Crippen LogP contribution is -2.23. The Morgan fingerprint density at radius 3 is 2.60 bits per heavy atom. The van der Waals surface area contributed by atoms with Crippen LogP contribution in [-0.4, -0.2) is 45.8 Å². The summed E-state index contributed by atoms with van der Waals surface area (Å²) in [5.41, 5.74) is 0.244. The number of amides is 1. The molecule has 82 valence electrons. The zero-order valence-corrected chi connectivity index (χ0v) is 8.84. The Balaban J connectivity index is 2.90. The third-order valence-electron chi connectivity index (χ3n) is 1.99. The van der Waals surface area contributed by atoms with Crippen LogP contribution in [0.3, 0.4) is 0 Å². The van der Waals surface area contributed by atoms with Crippen LogP contribution in [0.5, 0.6) is 0 Å². The molecule has 0 saturated heterocycles. The van der Waals surface area contributed by atoms with Gasteiger partial charge >= 0.3 is 5.97 Å². The molecular weight excluding hydrogens is 198 g/mol. The summed E-state index contributed by atoms with van der Waals surface area (Å²) in [5.74, 6) is -1.23. The molecule has 1 atom stereocenters. The van der Waals surface area contributed by atoms with E-state index < -0.39 is 12.0 Å². The van der Waals surface area contributed by atoms with Crippen LogP contribution in [0.2, 0.25) is 0 Å². The minimum absolute atomic E-state index is 0.244. The van der Waals surface area contributed by atoms with E-state index in [1.165, 1.54) is 28.8 Å². The van der Waals surface area contributed by atoms with E-state index in [2.05, 4.69) is 5.10 Å². The van der Waals surface area contributed by atoms with E-state index in [9.17, 15) is 9.59 Å². The first-order chi connectivity index (χ1) is 6.93. The molecular formula is C9H13N3O3. The van der Waals surface area contributed by atoms with E-state index in [1.807, 2.05) is 0 Å². The predicted octanol–water partition coefficient (Wildman–Crippen LogP) is 0.231. The average molecular weight is 211 g/mol. The molecule has 0 aliphatic rings. The molecule has 0 fully saturated rings. The highest BCUT2D eigenvalue weighted by molar-refractivity contribution is 5.91. The van der Waals surface area contributed by atoms with Crippen molar-refractivity contribution in [2.75, 3.05) is 14.1 Å². The lowest BCUT2D eigenvalue weighted by molar-refractivity contribution is -0.140. The number of nitrogens with zero attached hydrogens (tertiary/aromatic N) is 3. The molecule has 1 unspecified atom stereocenters. The summed E-state index contributed by atoms with van der Waals surface area (Å²) in [5, 5.41) is 12.6. The second-order valence-electron chi connectivity index (χ2n) is 3.39. The Morgan fingerprint density at radius 1 is 1.53 bits per heavy atom.